The summed E-state index contributed by atoms with van der Waals surface area (Å²) in [4.78, 5) is 28.7. The molecule has 0 bridgehead atoms. The number of piperazine rings is 1. The lowest BCUT2D eigenvalue weighted by atomic mass is 10.2. The minimum absolute atomic E-state index is 0.275. The molecule has 1 fully saturated rings. The molecule has 0 N–H and O–H groups in total. The SMILES string of the molecule is CC(C)(C)OC(=O)N1CCN(c2ncnc3cc(Cl)ncc23)CC1. The predicted octanol–water partition coefficient (Wildman–Crippen LogP) is 2.74. The minimum Gasteiger partial charge on any atom is -0.444 e. The molecule has 2 aromatic rings. The van der Waals surface area contributed by atoms with Crippen molar-refractivity contribution in [2.24, 2.45) is 0 Å². The van der Waals surface area contributed by atoms with Crippen LogP contribution in [-0.2, 0) is 4.74 Å². The van der Waals surface area contributed by atoms with E-state index in [0.29, 0.717) is 31.3 Å². The van der Waals surface area contributed by atoms with E-state index in [4.69, 9.17) is 16.3 Å². The van der Waals surface area contributed by atoms with Crippen LogP contribution in [0.4, 0.5) is 10.6 Å². The van der Waals surface area contributed by atoms with Crippen LogP contribution >= 0.6 is 11.6 Å². The summed E-state index contributed by atoms with van der Waals surface area (Å²) in [6, 6.07) is 1.72. The number of rotatable bonds is 1. The fourth-order valence-corrected chi connectivity index (χ4v) is 2.75. The number of fused-ring (bicyclic) bond motifs is 1. The standard InChI is InChI=1S/C16H20ClN5O2/c1-16(2,3)24-15(23)22-6-4-21(5-7-22)14-11-9-18-13(17)8-12(11)19-10-20-14/h8-10H,4-7H2,1-3H3. The van der Waals surface area contributed by atoms with Gasteiger partial charge in [-0.1, -0.05) is 11.6 Å². The third kappa shape index (κ3) is 3.67. The zero-order valence-electron chi connectivity index (χ0n) is 14.0. The number of anilines is 1. The maximum Gasteiger partial charge on any atom is 0.410 e. The molecule has 24 heavy (non-hydrogen) atoms. The molecule has 1 aliphatic rings. The number of hydrogen-bond donors (Lipinski definition) is 0. The highest BCUT2D eigenvalue weighted by Gasteiger charge is 2.27. The van der Waals surface area contributed by atoms with Crippen molar-refractivity contribution in [3.8, 4) is 0 Å². The van der Waals surface area contributed by atoms with Gasteiger partial charge in [-0.3, -0.25) is 0 Å². The molecule has 0 saturated carbocycles. The first-order valence-corrected chi connectivity index (χ1v) is 8.20. The summed E-state index contributed by atoms with van der Waals surface area (Å²) in [6.07, 6.45) is 2.93. The fraction of sp³-hybridized carbons (Fsp3) is 0.500. The molecule has 7 nitrogen and oxygen atoms in total. The Balaban J connectivity index is 1.72. The second kappa shape index (κ2) is 6.39. The van der Waals surface area contributed by atoms with E-state index in [1.54, 1.807) is 17.2 Å². The Labute approximate surface area is 145 Å². The second-order valence-electron chi connectivity index (χ2n) is 6.68. The lowest BCUT2D eigenvalue weighted by Crippen LogP contribution is -2.50. The molecule has 0 spiro atoms. The van der Waals surface area contributed by atoms with Gasteiger partial charge < -0.3 is 14.5 Å². The normalized spacial score (nSPS) is 15.7. The van der Waals surface area contributed by atoms with E-state index in [0.717, 1.165) is 16.7 Å². The first kappa shape index (κ1) is 16.7. The van der Waals surface area contributed by atoms with Gasteiger partial charge in [0.05, 0.1) is 10.9 Å². The maximum absolute atomic E-state index is 12.1. The van der Waals surface area contributed by atoms with Gasteiger partial charge in [0.1, 0.15) is 22.9 Å². The zero-order chi connectivity index (χ0) is 17.3. The van der Waals surface area contributed by atoms with Crippen LogP contribution in [0, 0.1) is 0 Å². The van der Waals surface area contributed by atoms with Crippen LogP contribution in [0.3, 0.4) is 0 Å². The predicted molar refractivity (Wildman–Crippen MR) is 92.4 cm³/mol. The summed E-state index contributed by atoms with van der Waals surface area (Å²) in [5.41, 5.74) is 0.275. The molecule has 0 unspecified atom stereocenters. The highest BCUT2D eigenvalue weighted by Crippen LogP contribution is 2.25. The van der Waals surface area contributed by atoms with Gasteiger partial charge in [-0.25, -0.2) is 19.7 Å². The third-order valence-electron chi connectivity index (χ3n) is 3.70. The quantitative estimate of drug-likeness (QED) is 0.737. The second-order valence-corrected chi connectivity index (χ2v) is 7.06. The van der Waals surface area contributed by atoms with Crippen LogP contribution in [0.25, 0.3) is 10.9 Å². The molecule has 0 atom stereocenters. The first-order valence-electron chi connectivity index (χ1n) is 7.82. The van der Waals surface area contributed by atoms with Crippen LogP contribution < -0.4 is 4.90 Å². The monoisotopic (exact) mass is 349 g/mol. The van der Waals surface area contributed by atoms with Crippen molar-refractivity contribution in [1.82, 2.24) is 19.9 Å². The molecule has 1 amide bonds. The summed E-state index contributed by atoms with van der Waals surface area (Å²) in [6.45, 7) is 8.12. The van der Waals surface area contributed by atoms with Gasteiger partial charge in [0.15, 0.2) is 0 Å². The number of nitrogens with zero attached hydrogens (tertiary/aromatic N) is 5. The van der Waals surface area contributed by atoms with Crippen molar-refractivity contribution in [2.75, 3.05) is 31.1 Å². The van der Waals surface area contributed by atoms with Crippen LogP contribution in [0.1, 0.15) is 20.8 Å². The van der Waals surface area contributed by atoms with Gasteiger partial charge in [-0.2, -0.15) is 0 Å². The number of carbonyl (C=O) groups is 1. The molecule has 1 aliphatic heterocycles. The lowest BCUT2D eigenvalue weighted by Gasteiger charge is -2.36. The highest BCUT2D eigenvalue weighted by atomic mass is 35.5. The molecular formula is C16H20ClN5O2. The van der Waals surface area contributed by atoms with Crippen LogP contribution in [-0.4, -0.2) is 57.7 Å². The number of amides is 1. The summed E-state index contributed by atoms with van der Waals surface area (Å²) in [7, 11) is 0. The van der Waals surface area contributed by atoms with Crippen LogP contribution in [0.2, 0.25) is 5.15 Å². The molecule has 128 valence electrons. The Hall–Kier alpha value is -2.15. The smallest absolute Gasteiger partial charge is 0.410 e. The fourth-order valence-electron chi connectivity index (χ4n) is 2.59. The molecule has 3 rings (SSSR count). The number of pyridine rings is 1. The van der Waals surface area contributed by atoms with Crippen molar-refractivity contribution in [3.05, 3.63) is 23.7 Å². The van der Waals surface area contributed by atoms with E-state index < -0.39 is 5.60 Å². The summed E-state index contributed by atoms with van der Waals surface area (Å²) in [5, 5.41) is 1.26. The number of hydrogen-bond acceptors (Lipinski definition) is 6. The third-order valence-corrected chi connectivity index (χ3v) is 3.90. The van der Waals surface area contributed by atoms with Gasteiger partial charge in [0, 0.05) is 38.4 Å². The summed E-state index contributed by atoms with van der Waals surface area (Å²) in [5.74, 6) is 0.813. The number of halogens is 1. The van der Waals surface area contributed by atoms with Crippen molar-refractivity contribution in [2.45, 2.75) is 26.4 Å². The van der Waals surface area contributed by atoms with Gasteiger partial charge in [0.25, 0.3) is 0 Å². The molecular weight excluding hydrogens is 330 g/mol. The Morgan fingerprint density at radius 3 is 2.54 bits per heavy atom. The molecule has 0 radical (unpaired) electrons. The summed E-state index contributed by atoms with van der Waals surface area (Å²) >= 11 is 5.92. The average Bonchev–Trinajstić information content (AvgIpc) is 2.52. The Kier molecular flexibility index (Phi) is 4.45. The molecule has 8 heteroatoms. The highest BCUT2D eigenvalue weighted by molar-refractivity contribution is 6.30. The lowest BCUT2D eigenvalue weighted by molar-refractivity contribution is 0.0240. The average molecular weight is 350 g/mol. The van der Waals surface area contributed by atoms with Crippen molar-refractivity contribution in [3.63, 3.8) is 0 Å². The van der Waals surface area contributed by atoms with Crippen LogP contribution in [0.5, 0.6) is 0 Å². The molecule has 1 saturated heterocycles. The number of aromatic nitrogens is 3. The zero-order valence-corrected chi connectivity index (χ0v) is 14.7. The van der Waals surface area contributed by atoms with Crippen molar-refractivity contribution >= 4 is 34.4 Å². The van der Waals surface area contributed by atoms with Gasteiger partial charge in [-0.05, 0) is 20.8 Å². The Morgan fingerprint density at radius 1 is 1.17 bits per heavy atom. The van der Waals surface area contributed by atoms with Crippen LogP contribution in [0.15, 0.2) is 18.6 Å². The Morgan fingerprint density at radius 2 is 1.88 bits per heavy atom. The maximum atomic E-state index is 12.1. The number of carbonyl (C=O) groups excluding carboxylic acids is 1. The van der Waals surface area contributed by atoms with E-state index in [1.807, 2.05) is 20.8 Å². The van der Waals surface area contributed by atoms with Crippen molar-refractivity contribution < 1.29 is 9.53 Å². The topological polar surface area (TPSA) is 71.5 Å². The van der Waals surface area contributed by atoms with E-state index in [-0.39, 0.29) is 6.09 Å². The van der Waals surface area contributed by atoms with Gasteiger partial charge in [0.2, 0.25) is 0 Å². The van der Waals surface area contributed by atoms with E-state index in [9.17, 15) is 4.79 Å². The molecule has 2 aromatic heterocycles. The number of ether oxygens (including phenoxy) is 1. The van der Waals surface area contributed by atoms with Gasteiger partial charge in [-0.15, -0.1) is 0 Å². The summed E-state index contributed by atoms with van der Waals surface area (Å²) < 4.78 is 5.42. The first-order chi connectivity index (χ1) is 11.3. The van der Waals surface area contributed by atoms with Crippen molar-refractivity contribution in [1.29, 1.82) is 0 Å². The van der Waals surface area contributed by atoms with E-state index in [2.05, 4.69) is 19.9 Å². The van der Waals surface area contributed by atoms with E-state index in [1.165, 1.54) is 6.33 Å². The van der Waals surface area contributed by atoms with E-state index >= 15 is 0 Å². The Bertz CT molecular complexity index is 754. The molecule has 3 heterocycles. The largest absolute Gasteiger partial charge is 0.444 e. The van der Waals surface area contributed by atoms with Gasteiger partial charge >= 0.3 is 6.09 Å². The molecule has 0 aromatic carbocycles. The minimum atomic E-state index is -0.484. The molecule has 0 aliphatic carbocycles.